The molecule has 7 heteroatoms. The minimum atomic E-state index is -1.15. The number of rotatable bonds is 7. The van der Waals surface area contributed by atoms with Crippen molar-refractivity contribution in [1.29, 1.82) is 0 Å². The van der Waals surface area contributed by atoms with E-state index >= 15 is 0 Å². The van der Waals surface area contributed by atoms with Gasteiger partial charge in [0.05, 0.1) is 18.2 Å². The first-order chi connectivity index (χ1) is 16.8. The second kappa shape index (κ2) is 10.1. The van der Waals surface area contributed by atoms with Crippen LogP contribution in [0.5, 0.6) is 5.75 Å². The van der Waals surface area contributed by atoms with Crippen LogP contribution >= 0.6 is 0 Å². The second-order valence-electron chi connectivity index (χ2n) is 8.80. The molecule has 1 N–H and O–H groups in total. The Bertz CT molecular complexity index is 1270. The number of hydrogen-bond acceptors (Lipinski definition) is 4. The molecule has 4 rings (SSSR count). The molecule has 1 amide bonds. The average Bonchev–Trinajstić information content (AvgIpc) is 3.09. The van der Waals surface area contributed by atoms with Crippen LogP contribution in [-0.2, 0) is 16.1 Å². The summed E-state index contributed by atoms with van der Waals surface area (Å²) in [5, 5.41) is 11.1. The highest BCUT2D eigenvalue weighted by Crippen LogP contribution is 2.41. The van der Waals surface area contributed by atoms with Crippen molar-refractivity contribution in [1.82, 2.24) is 4.90 Å². The monoisotopic (exact) mass is 477 g/mol. The number of benzene rings is 3. The Morgan fingerprint density at radius 1 is 0.971 bits per heavy atom. The molecule has 1 atom stereocenters. The third kappa shape index (κ3) is 5.09. The fourth-order valence-electron chi connectivity index (χ4n) is 3.98. The molecule has 0 aromatic heterocycles. The number of carbonyl (C=O) groups is 2. The normalized spacial score (nSPS) is 17.3. The molecule has 3 aromatic rings. The summed E-state index contributed by atoms with van der Waals surface area (Å²) < 4.78 is 33.9. The Hall–Kier alpha value is -4.00. The van der Waals surface area contributed by atoms with Crippen molar-refractivity contribution < 1.29 is 28.2 Å². The van der Waals surface area contributed by atoms with Crippen molar-refractivity contribution in [3.8, 4) is 5.75 Å². The SMILES string of the molecule is CC(C)COc1ccc(/C(O)=C2/C(=O)C(=O)N(Cc3ccc(F)cc3)C2c2ccccc2F)cc1. The van der Waals surface area contributed by atoms with Crippen LogP contribution in [0.1, 0.15) is 36.6 Å². The maximum absolute atomic E-state index is 14.9. The smallest absolute Gasteiger partial charge is 0.295 e. The quantitative estimate of drug-likeness (QED) is 0.272. The highest BCUT2D eigenvalue weighted by atomic mass is 19.1. The molecule has 0 spiro atoms. The molecular formula is C28H25F2NO4. The number of hydrogen-bond donors (Lipinski definition) is 1. The second-order valence-corrected chi connectivity index (χ2v) is 8.80. The van der Waals surface area contributed by atoms with Gasteiger partial charge in [-0.1, -0.05) is 44.2 Å². The third-order valence-electron chi connectivity index (χ3n) is 5.72. The van der Waals surface area contributed by atoms with E-state index in [1.54, 1.807) is 30.3 Å². The van der Waals surface area contributed by atoms with E-state index < -0.39 is 35.1 Å². The molecule has 0 saturated carbocycles. The van der Waals surface area contributed by atoms with Crippen molar-refractivity contribution >= 4 is 17.4 Å². The summed E-state index contributed by atoms with van der Waals surface area (Å²) in [6.45, 7) is 4.50. The molecule has 1 fully saturated rings. The van der Waals surface area contributed by atoms with Crippen molar-refractivity contribution in [2.45, 2.75) is 26.4 Å². The maximum atomic E-state index is 14.9. The predicted molar refractivity (Wildman–Crippen MR) is 127 cm³/mol. The van der Waals surface area contributed by atoms with E-state index in [1.807, 2.05) is 13.8 Å². The number of likely N-dealkylation sites (tertiary alicyclic amines) is 1. The van der Waals surface area contributed by atoms with Crippen molar-refractivity contribution in [3.05, 3.63) is 107 Å². The molecule has 0 bridgehead atoms. The van der Waals surface area contributed by atoms with Gasteiger partial charge in [-0.15, -0.1) is 0 Å². The van der Waals surface area contributed by atoms with Gasteiger partial charge in [0.1, 0.15) is 23.1 Å². The average molecular weight is 478 g/mol. The van der Waals surface area contributed by atoms with E-state index in [1.165, 1.54) is 47.4 Å². The summed E-state index contributed by atoms with van der Waals surface area (Å²) >= 11 is 0. The Balaban J connectivity index is 1.77. The van der Waals surface area contributed by atoms with Gasteiger partial charge in [0.15, 0.2) is 0 Å². The summed E-state index contributed by atoms with van der Waals surface area (Å²) in [5.74, 6) is -2.33. The fraction of sp³-hybridized carbons (Fsp3) is 0.214. The van der Waals surface area contributed by atoms with Crippen LogP contribution in [-0.4, -0.2) is 28.3 Å². The van der Waals surface area contributed by atoms with Gasteiger partial charge in [-0.25, -0.2) is 8.78 Å². The molecule has 0 aliphatic carbocycles. The van der Waals surface area contributed by atoms with E-state index in [9.17, 15) is 23.5 Å². The van der Waals surface area contributed by atoms with Gasteiger partial charge < -0.3 is 14.7 Å². The molecule has 1 saturated heterocycles. The number of halogens is 2. The number of ketones is 1. The van der Waals surface area contributed by atoms with Crippen LogP contribution in [0, 0.1) is 17.6 Å². The number of nitrogens with zero attached hydrogens (tertiary/aromatic N) is 1. The van der Waals surface area contributed by atoms with Gasteiger partial charge in [0.25, 0.3) is 11.7 Å². The van der Waals surface area contributed by atoms with Gasteiger partial charge in [-0.3, -0.25) is 9.59 Å². The summed E-state index contributed by atoms with van der Waals surface area (Å²) in [7, 11) is 0. The highest BCUT2D eigenvalue weighted by molar-refractivity contribution is 6.46. The van der Waals surface area contributed by atoms with Gasteiger partial charge in [-0.2, -0.15) is 0 Å². The van der Waals surface area contributed by atoms with E-state index in [4.69, 9.17) is 4.74 Å². The Morgan fingerprint density at radius 2 is 1.63 bits per heavy atom. The Kier molecular flexibility index (Phi) is 6.96. The fourth-order valence-corrected chi connectivity index (χ4v) is 3.98. The lowest BCUT2D eigenvalue weighted by molar-refractivity contribution is -0.140. The van der Waals surface area contributed by atoms with Gasteiger partial charge in [0, 0.05) is 17.7 Å². The first kappa shape index (κ1) is 24.1. The maximum Gasteiger partial charge on any atom is 0.295 e. The van der Waals surface area contributed by atoms with Crippen molar-refractivity contribution in [3.63, 3.8) is 0 Å². The van der Waals surface area contributed by atoms with Gasteiger partial charge in [0.2, 0.25) is 0 Å². The minimum Gasteiger partial charge on any atom is -0.507 e. The molecule has 180 valence electrons. The van der Waals surface area contributed by atoms with Gasteiger partial charge in [-0.05, 0) is 53.9 Å². The first-order valence-corrected chi connectivity index (χ1v) is 11.3. The molecule has 3 aromatic carbocycles. The first-order valence-electron chi connectivity index (χ1n) is 11.3. The third-order valence-corrected chi connectivity index (χ3v) is 5.72. The number of aliphatic hydroxyl groups is 1. The van der Waals surface area contributed by atoms with Crippen LogP contribution in [0.2, 0.25) is 0 Å². The van der Waals surface area contributed by atoms with E-state index in [0.717, 1.165) is 0 Å². The largest absolute Gasteiger partial charge is 0.507 e. The topological polar surface area (TPSA) is 66.8 Å². The van der Waals surface area contributed by atoms with Crippen molar-refractivity contribution in [2.75, 3.05) is 6.61 Å². The Morgan fingerprint density at radius 3 is 2.26 bits per heavy atom. The zero-order valence-corrected chi connectivity index (χ0v) is 19.4. The molecule has 1 unspecified atom stereocenters. The summed E-state index contributed by atoms with van der Waals surface area (Å²) in [4.78, 5) is 27.3. The number of amides is 1. The molecule has 1 heterocycles. The number of Topliss-reactive ketones (excluding diaryl/α,β-unsaturated/α-hetero) is 1. The molecule has 1 aliphatic rings. The Labute approximate surface area is 202 Å². The van der Waals surface area contributed by atoms with Crippen LogP contribution in [0.15, 0.2) is 78.4 Å². The summed E-state index contributed by atoms with van der Waals surface area (Å²) in [6.07, 6.45) is 0. The van der Waals surface area contributed by atoms with Crippen LogP contribution < -0.4 is 4.74 Å². The van der Waals surface area contributed by atoms with E-state index in [0.29, 0.717) is 29.4 Å². The van der Waals surface area contributed by atoms with E-state index in [2.05, 4.69) is 0 Å². The lowest BCUT2D eigenvalue weighted by Gasteiger charge is -2.25. The molecular weight excluding hydrogens is 452 g/mol. The van der Waals surface area contributed by atoms with Crippen LogP contribution in [0.25, 0.3) is 5.76 Å². The molecule has 5 nitrogen and oxygen atoms in total. The number of ether oxygens (including phenoxy) is 1. The highest BCUT2D eigenvalue weighted by Gasteiger charge is 2.46. The van der Waals surface area contributed by atoms with Gasteiger partial charge >= 0.3 is 0 Å². The zero-order chi connectivity index (χ0) is 25.1. The van der Waals surface area contributed by atoms with Crippen LogP contribution in [0.3, 0.4) is 0 Å². The number of aliphatic hydroxyl groups excluding tert-OH is 1. The molecule has 35 heavy (non-hydrogen) atoms. The van der Waals surface area contributed by atoms with Crippen LogP contribution in [0.4, 0.5) is 8.78 Å². The lowest BCUT2D eigenvalue weighted by atomic mass is 9.94. The summed E-state index contributed by atoms with van der Waals surface area (Å²) in [5.41, 5.74) is 0.717. The predicted octanol–water partition coefficient (Wildman–Crippen LogP) is 5.62. The lowest BCUT2D eigenvalue weighted by Crippen LogP contribution is -2.29. The zero-order valence-electron chi connectivity index (χ0n) is 19.4. The summed E-state index contributed by atoms with van der Waals surface area (Å²) in [6, 6.07) is 16.6. The molecule has 1 aliphatic heterocycles. The standard InChI is InChI=1S/C28H25F2NO4/c1-17(2)16-35-21-13-9-19(10-14-21)26(32)24-25(22-5-3-4-6-23(22)30)31(28(34)27(24)33)15-18-7-11-20(29)12-8-18/h3-14,17,25,32H,15-16H2,1-2H3/b26-24-. The van der Waals surface area contributed by atoms with Crippen molar-refractivity contribution in [2.24, 2.45) is 5.92 Å². The number of carbonyl (C=O) groups excluding carboxylic acids is 2. The minimum absolute atomic E-state index is 0.0669. The molecule has 0 radical (unpaired) electrons. The van der Waals surface area contributed by atoms with E-state index in [-0.39, 0.29) is 17.7 Å².